The molecule has 12 heavy (non-hydrogen) atoms. The maximum atomic E-state index is 11.8. The van der Waals surface area contributed by atoms with Crippen LogP contribution >= 0.6 is 11.6 Å². The summed E-state index contributed by atoms with van der Waals surface area (Å²) in [6, 6.07) is 3.93. The molecule has 0 spiro atoms. The summed E-state index contributed by atoms with van der Waals surface area (Å²) in [4.78, 5) is 13.8. The van der Waals surface area contributed by atoms with Gasteiger partial charge in [0.1, 0.15) is 5.56 Å². The Morgan fingerprint density at radius 2 is 2.25 bits per heavy atom. The number of hydrogen-bond acceptors (Lipinski definition) is 2. The fraction of sp³-hybridized carbons (Fsp3) is 0. The van der Waals surface area contributed by atoms with E-state index < -0.39 is 11.7 Å². The molecule has 1 N–H and O–H groups in total. The van der Waals surface area contributed by atoms with E-state index in [0.717, 1.165) is 0 Å². The van der Waals surface area contributed by atoms with Gasteiger partial charge in [0.15, 0.2) is 0 Å². The van der Waals surface area contributed by atoms with Crippen LogP contribution in [-0.4, -0.2) is 11.1 Å². The third-order valence-corrected chi connectivity index (χ3v) is 1.57. The van der Waals surface area contributed by atoms with E-state index in [1.165, 1.54) is 18.2 Å². The first-order chi connectivity index (χ1) is 5.66. The predicted octanol–water partition coefficient (Wildman–Crippen LogP) is 2.30. The standard InChI is InChI=1S/C7H4ClFO3/c8-5-3-1-2-4(7(10)11)6(5)12-9/h1-3H,(H,10,11). The zero-order valence-electron chi connectivity index (χ0n) is 5.75. The molecule has 0 fully saturated rings. The van der Waals surface area contributed by atoms with E-state index >= 15 is 0 Å². The van der Waals surface area contributed by atoms with Crippen LogP contribution in [0, 0.1) is 0 Å². The number of aromatic carboxylic acids is 1. The monoisotopic (exact) mass is 190 g/mol. The van der Waals surface area contributed by atoms with Crippen molar-refractivity contribution in [2.45, 2.75) is 0 Å². The Kier molecular flexibility index (Phi) is 2.50. The number of carbonyl (C=O) groups is 1. The van der Waals surface area contributed by atoms with Crippen molar-refractivity contribution < 1.29 is 19.4 Å². The molecule has 5 heteroatoms. The molecule has 0 aliphatic carbocycles. The Balaban J connectivity index is 3.27. The fourth-order valence-electron chi connectivity index (χ4n) is 0.756. The van der Waals surface area contributed by atoms with Crippen LogP contribution in [0.4, 0.5) is 4.53 Å². The van der Waals surface area contributed by atoms with Crippen LogP contribution < -0.4 is 4.94 Å². The SMILES string of the molecule is O=C(O)c1cccc(Cl)c1OF. The van der Waals surface area contributed by atoms with Crippen molar-refractivity contribution in [3.63, 3.8) is 0 Å². The topological polar surface area (TPSA) is 46.5 Å². The molecule has 64 valence electrons. The number of hydrogen-bond donors (Lipinski definition) is 1. The summed E-state index contributed by atoms with van der Waals surface area (Å²) in [5.41, 5.74) is -0.301. The molecule has 0 heterocycles. The molecule has 0 unspecified atom stereocenters. The molecule has 0 amide bonds. The smallest absolute Gasteiger partial charge is 0.339 e. The van der Waals surface area contributed by atoms with Crippen molar-refractivity contribution >= 4 is 17.6 Å². The van der Waals surface area contributed by atoms with Gasteiger partial charge in [-0.25, -0.2) is 4.79 Å². The maximum absolute atomic E-state index is 11.8. The molecule has 0 bridgehead atoms. The summed E-state index contributed by atoms with van der Waals surface area (Å²) < 4.78 is 11.8. The minimum atomic E-state index is -1.29. The largest absolute Gasteiger partial charge is 0.478 e. The second-order valence-electron chi connectivity index (χ2n) is 2.00. The van der Waals surface area contributed by atoms with E-state index in [2.05, 4.69) is 4.94 Å². The van der Waals surface area contributed by atoms with Gasteiger partial charge in [-0.05, 0) is 12.1 Å². The Bertz CT molecular complexity index is 314. The molecule has 0 aliphatic rings. The van der Waals surface area contributed by atoms with Gasteiger partial charge in [-0.1, -0.05) is 17.7 Å². The molecule has 0 aromatic heterocycles. The molecule has 3 nitrogen and oxygen atoms in total. The number of rotatable bonds is 2. The third kappa shape index (κ3) is 1.48. The van der Waals surface area contributed by atoms with Crippen LogP contribution in [0.25, 0.3) is 0 Å². The Labute approximate surface area is 72.2 Å². The molecule has 0 saturated heterocycles. The average Bonchev–Trinajstić information content (AvgIpc) is 2.03. The van der Waals surface area contributed by atoms with Crippen molar-refractivity contribution in [1.82, 2.24) is 0 Å². The third-order valence-electron chi connectivity index (χ3n) is 1.27. The summed E-state index contributed by atoms with van der Waals surface area (Å²) in [6.45, 7) is 0. The summed E-state index contributed by atoms with van der Waals surface area (Å²) in [6.07, 6.45) is 0. The van der Waals surface area contributed by atoms with E-state index in [1.54, 1.807) is 0 Å². The van der Waals surface area contributed by atoms with Crippen LogP contribution in [-0.2, 0) is 0 Å². The first-order valence-electron chi connectivity index (χ1n) is 2.97. The van der Waals surface area contributed by atoms with Crippen molar-refractivity contribution in [2.24, 2.45) is 0 Å². The lowest BCUT2D eigenvalue weighted by Crippen LogP contribution is -1.98. The zero-order chi connectivity index (χ0) is 9.14. The molecule has 0 aliphatic heterocycles. The second kappa shape index (κ2) is 3.40. The van der Waals surface area contributed by atoms with Gasteiger partial charge < -0.3 is 5.11 Å². The quantitative estimate of drug-likeness (QED) is 0.779. The number of para-hydroxylation sites is 1. The van der Waals surface area contributed by atoms with Crippen molar-refractivity contribution in [3.8, 4) is 5.75 Å². The molecule has 1 aromatic carbocycles. The maximum Gasteiger partial charge on any atom is 0.339 e. The highest BCUT2D eigenvalue weighted by Gasteiger charge is 2.14. The second-order valence-corrected chi connectivity index (χ2v) is 2.41. The summed E-state index contributed by atoms with van der Waals surface area (Å²) in [7, 11) is 0. The van der Waals surface area contributed by atoms with Gasteiger partial charge in [0, 0.05) is 4.53 Å². The van der Waals surface area contributed by atoms with E-state index in [0.29, 0.717) is 0 Å². The van der Waals surface area contributed by atoms with Gasteiger partial charge in [0.2, 0.25) is 5.75 Å². The van der Waals surface area contributed by atoms with E-state index in [1.807, 2.05) is 0 Å². The van der Waals surface area contributed by atoms with Crippen molar-refractivity contribution in [1.29, 1.82) is 0 Å². The summed E-state index contributed by atoms with van der Waals surface area (Å²) in [5.74, 6) is -1.75. The Morgan fingerprint density at radius 1 is 1.58 bits per heavy atom. The van der Waals surface area contributed by atoms with Crippen LogP contribution in [0.1, 0.15) is 10.4 Å². The lowest BCUT2D eigenvalue weighted by molar-refractivity contribution is -0.00768. The summed E-state index contributed by atoms with van der Waals surface area (Å²) in [5, 5.41) is 8.44. The number of halogens is 2. The summed E-state index contributed by atoms with van der Waals surface area (Å²) >= 11 is 5.45. The minimum absolute atomic E-state index is 0.0719. The van der Waals surface area contributed by atoms with Gasteiger partial charge in [0.25, 0.3) is 0 Å². The van der Waals surface area contributed by atoms with Gasteiger partial charge in [-0.15, -0.1) is 0 Å². The lowest BCUT2D eigenvalue weighted by atomic mass is 10.2. The normalized spacial score (nSPS) is 9.50. The number of carboxylic acids is 1. The van der Waals surface area contributed by atoms with Crippen LogP contribution in [0.3, 0.4) is 0 Å². The molecular weight excluding hydrogens is 187 g/mol. The van der Waals surface area contributed by atoms with Gasteiger partial charge >= 0.3 is 5.97 Å². The highest BCUT2D eigenvalue weighted by molar-refractivity contribution is 6.32. The average molecular weight is 191 g/mol. The minimum Gasteiger partial charge on any atom is -0.478 e. The predicted molar refractivity (Wildman–Crippen MR) is 40.1 cm³/mol. The van der Waals surface area contributed by atoms with Gasteiger partial charge in [-0.3, -0.25) is 4.94 Å². The van der Waals surface area contributed by atoms with E-state index in [4.69, 9.17) is 16.7 Å². The van der Waals surface area contributed by atoms with Crippen LogP contribution in [0.15, 0.2) is 18.2 Å². The van der Waals surface area contributed by atoms with Crippen molar-refractivity contribution in [3.05, 3.63) is 28.8 Å². The van der Waals surface area contributed by atoms with E-state index in [9.17, 15) is 9.32 Å². The number of benzene rings is 1. The van der Waals surface area contributed by atoms with Crippen LogP contribution in [0.2, 0.25) is 5.02 Å². The van der Waals surface area contributed by atoms with Gasteiger partial charge in [-0.2, -0.15) is 0 Å². The Hall–Kier alpha value is -1.29. The highest BCUT2D eigenvalue weighted by atomic mass is 35.5. The Morgan fingerprint density at radius 3 is 2.67 bits per heavy atom. The first-order valence-corrected chi connectivity index (χ1v) is 3.35. The lowest BCUT2D eigenvalue weighted by Gasteiger charge is -2.00. The van der Waals surface area contributed by atoms with Gasteiger partial charge in [0.05, 0.1) is 5.02 Å². The van der Waals surface area contributed by atoms with E-state index in [-0.39, 0.29) is 10.6 Å². The molecule has 1 aromatic rings. The zero-order valence-corrected chi connectivity index (χ0v) is 6.51. The first kappa shape index (κ1) is 8.80. The molecule has 0 saturated carbocycles. The highest BCUT2D eigenvalue weighted by Crippen LogP contribution is 2.28. The molecule has 0 atom stereocenters. The van der Waals surface area contributed by atoms with Crippen molar-refractivity contribution in [2.75, 3.05) is 0 Å². The van der Waals surface area contributed by atoms with Crippen LogP contribution in [0.5, 0.6) is 5.75 Å². The molecule has 1 rings (SSSR count). The molecule has 0 radical (unpaired) electrons. The number of carboxylic acid groups (broad SMARTS) is 1. The molecular formula is C7H4ClFO3. The fourth-order valence-corrected chi connectivity index (χ4v) is 0.959.